The van der Waals surface area contributed by atoms with Crippen LogP contribution in [0.15, 0.2) is 18.2 Å². The van der Waals surface area contributed by atoms with Gasteiger partial charge in [0.25, 0.3) is 0 Å². The van der Waals surface area contributed by atoms with Crippen molar-refractivity contribution in [3.63, 3.8) is 0 Å². The van der Waals surface area contributed by atoms with E-state index in [-0.39, 0.29) is 0 Å². The number of aromatic nitrogens is 1. The molecule has 2 rings (SSSR count). The van der Waals surface area contributed by atoms with Crippen LogP contribution in [-0.2, 0) is 4.74 Å². The second kappa shape index (κ2) is 6.06. The van der Waals surface area contributed by atoms with Crippen molar-refractivity contribution in [2.24, 2.45) is 0 Å². The molecule has 0 bridgehead atoms. The first-order valence-corrected chi connectivity index (χ1v) is 6.87. The smallest absolute Gasteiger partial charge is 0.356 e. The van der Waals surface area contributed by atoms with Gasteiger partial charge in [0.05, 0.1) is 26.2 Å². The second-order valence-electron chi connectivity index (χ2n) is 3.75. The third kappa shape index (κ3) is 2.54. The molecule has 0 aliphatic carbocycles. The van der Waals surface area contributed by atoms with E-state index in [4.69, 9.17) is 26.4 Å². The molecule has 0 fully saturated rings. The average molecular weight is 311 g/mol. The number of carbonyl (C=O) groups is 1. The van der Waals surface area contributed by atoms with Gasteiger partial charge in [0, 0.05) is 5.56 Å². The Kier molecular flexibility index (Phi) is 4.41. The fourth-order valence-corrected chi connectivity index (χ4v) is 3.03. The summed E-state index contributed by atoms with van der Waals surface area (Å²) in [6.07, 6.45) is 0. The average Bonchev–Trinajstić information content (AvgIpc) is 2.87. The van der Waals surface area contributed by atoms with E-state index in [9.17, 15) is 4.79 Å². The maximum Gasteiger partial charge on any atom is 0.356 e. The molecule has 106 valence electrons. The van der Waals surface area contributed by atoms with E-state index in [1.165, 1.54) is 18.4 Å². The molecule has 0 radical (unpaired) electrons. The Morgan fingerprint density at radius 2 is 2.00 bits per heavy atom. The van der Waals surface area contributed by atoms with Crippen molar-refractivity contribution >= 4 is 29.5 Å². The number of rotatable bonds is 4. The molecule has 1 N–H and O–H groups in total. The van der Waals surface area contributed by atoms with E-state index in [2.05, 4.69) is 4.98 Å². The standard InChI is InChI=1S/C13H13NO4S2/c1-16-8-6-4-5-7(10(8)17-2)11-9(12(15)18-3)14-13(19)20-11/h4-6H,1-3H3,(H,14,19). The Bertz CT molecular complexity index is 690. The lowest BCUT2D eigenvalue weighted by Crippen LogP contribution is -2.03. The van der Waals surface area contributed by atoms with E-state index >= 15 is 0 Å². The van der Waals surface area contributed by atoms with Crippen LogP contribution in [0.25, 0.3) is 10.4 Å². The van der Waals surface area contributed by atoms with E-state index in [0.29, 0.717) is 26.0 Å². The molecule has 2 aromatic rings. The van der Waals surface area contributed by atoms with Gasteiger partial charge >= 0.3 is 5.97 Å². The van der Waals surface area contributed by atoms with Crippen molar-refractivity contribution in [1.82, 2.24) is 4.98 Å². The molecule has 1 aromatic heterocycles. The van der Waals surface area contributed by atoms with Gasteiger partial charge in [0.15, 0.2) is 15.5 Å². The maximum absolute atomic E-state index is 11.8. The molecule has 0 amide bonds. The normalized spacial score (nSPS) is 10.2. The number of methoxy groups -OCH3 is 3. The molecule has 0 aliphatic rings. The highest BCUT2D eigenvalue weighted by atomic mass is 32.1. The summed E-state index contributed by atoms with van der Waals surface area (Å²) in [5.41, 5.74) is 1.04. The van der Waals surface area contributed by atoms with Crippen LogP contribution in [0, 0.1) is 3.95 Å². The monoisotopic (exact) mass is 311 g/mol. The molecule has 20 heavy (non-hydrogen) atoms. The lowest BCUT2D eigenvalue weighted by molar-refractivity contribution is 0.0595. The molecule has 1 heterocycles. The number of ether oxygens (including phenoxy) is 3. The van der Waals surface area contributed by atoms with Crippen molar-refractivity contribution in [3.8, 4) is 21.9 Å². The van der Waals surface area contributed by atoms with E-state index in [1.54, 1.807) is 20.3 Å². The molecule has 0 saturated carbocycles. The van der Waals surface area contributed by atoms with Gasteiger partial charge in [0.2, 0.25) is 0 Å². The summed E-state index contributed by atoms with van der Waals surface area (Å²) in [6, 6.07) is 5.44. The third-order valence-corrected chi connectivity index (χ3v) is 3.95. The Morgan fingerprint density at radius 3 is 2.60 bits per heavy atom. The number of nitrogens with one attached hydrogen (secondary N) is 1. The molecular formula is C13H13NO4S2. The molecule has 0 saturated heterocycles. The van der Waals surface area contributed by atoms with Crippen LogP contribution < -0.4 is 9.47 Å². The van der Waals surface area contributed by atoms with Gasteiger partial charge in [-0.2, -0.15) is 0 Å². The highest BCUT2D eigenvalue weighted by molar-refractivity contribution is 7.73. The van der Waals surface area contributed by atoms with Crippen molar-refractivity contribution in [3.05, 3.63) is 27.8 Å². The van der Waals surface area contributed by atoms with Gasteiger partial charge < -0.3 is 19.2 Å². The lowest BCUT2D eigenvalue weighted by atomic mass is 10.1. The first-order chi connectivity index (χ1) is 9.62. The molecule has 7 heteroatoms. The molecule has 5 nitrogen and oxygen atoms in total. The minimum Gasteiger partial charge on any atom is -0.493 e. The summed E-state index contributed by atoms with van der Waals surface area (Å²) in [5.74, 6) is 0.655. The summed E-state index contributed by atoms with van der Waals surface area (Å²) < 4.78 is 15.9. The summed E-state index contributed by atoms with van der Waals surface area (Å²) in [5, 5.41) is 0. The Labute approximate surface area is 125 Å². The predicted octanol–water partition coefficient (Wildman–Crippen LogP) is 3.28. The SMILES string of the molecule is COC(=O)c1[nH]c(=S)sc1-c1cccc(OC)c1OC. The summed E-state index contributed by atoms with van der Waals surface area (Å²) in [4.78, 5) is 15.3. The summed E-state index contributed by atoms with van der Waals surface area (Å²) in [6.45, 7) is 0. The van der Waals surface area contributed by atoms with Gasteiger partial charge in [0.1, 0.15) is 5.69 Å². The van der Waals surface area contributed by atoms with Gasteiger partial charge in [-0.3, -0.25) is 0 Å². The number of esters is 1. The summed E-state index contributed by atoms with van der Waals surface area (Å²) >= 11 is 6.39. The maximum atomic E-state index is 11.8. The number of benzene rings is 1. The molecule has 0 spiro atoms. The minimum atomic E-state index is -0.475. The summed E-state index contributed by atoms with van der Waals surface area (Å²) in [7, 11) is 4.43. The van der Waals surface area contributed by atoms with Crippen LogP contribution in [0.4, 0.5) is 0 Å². The molecule has 0 unspecified atom stereocenters. The minimum absolute atomic E-state index is 0.314. The van der Waals surface area contributed by atoms with E-state index in [1.807, 2.05) is 12.1 Å². The first kappa shape index (κ1) is 14.5. The number of para-hydroxylation sites is 1. The van der Waals surface area contributed by atoms with Crippen molar-refractivity contribution in [2.75, 3.05) is 21.3 Å². The number of thiazole rings is 1. The Balaban J connectivity index is 2.69. The lowest BCUT2D eigenvalue weighted by Gasteiger charge is -2.12. The largest absolute Gasteiger partial charge is 0.493 e. The van der Waals surface area contributed by atoms with E-state index in [0.717, 1.165) is 5.56 Å². The van der Waals surface area contributed by atoms with Crippen LogP contribution in [0.3, 0.4) is 0 Å². The van der Waals surface area contributed by atoms with Crippen LogP contribution in [0.2, 0.25) is 0 Å². The van der Waals surface area contributed by atoms with Crippen molar-refractivity contribution in [1.29, 1.82) is 0 Å². The molecular weight excluding hydrogens is 298 g/mol. The number of H-pyrrole nitrogens is 1. The molecule has 0 aliphatic heterocycles. The number of hydrogen-bond donors (Lipinski definition) is 1. The van der Waals surface area contributed by atoms with Crippen molar-refractivity contribution in [2.45, 2.75) is 0 Å². The third-order valence-electron chi connectivity index (χ3n) is 2.69. The fourth-order valence-electron chi connectivity index (χ4n) is 1.83. The van der Waals surface area contributed by atoms with Crippen LogP contribution >= 0.6 is 23.6 Å². The first-order valence-electron chi connectivity index (χ1n) is 5.65. The Morgan fingerprint density at radius 1 is 1.25 bits per heavy atom. The predicted molar refractivity (Wildman–Crippen MR) is 79.4 cm³/mol. The molecule has 1 aromatic carbocycles. The highest BCUT2D eigenvalue weighted by Crippen LogP contribution is 2.41. The van der Waals surface area contributed by atoms with Crippen LogP contribution in [-0.4, -0.2) is 32.3 Å². The topological polar surface area (TPSA) is 60.6 Å². The van der Waals surface area contributed by atoms with Crippen LogP contribution in [0.5, 0.6) is 11.5 Å². The van der Waals surface area contributed by atoms with Crippen LogP contribution in [0.1, 0.15) is 10.5 Å². The zero-order valence-corrected chi connectivity index (χ0v) is 12.8. The van der Waals surface area contributed by atoms with Gasteiger partial charge in [-0.15, -0.1) is 11.3 Å². The van der Waals surface area contributed by atoms with Gasteiger partial charge in [-0.1, -0.05) is 6.07 Å². The van der Waals surface area contributed by atoms with Crippen molar-refractivity contribution < 1.29 is 19.0 Å². The quantitative estimate of drug-likeness (QED) is 0.693. The number of carbonyl (C=O) groups excluding carboxylic acids is 1. The fraction of sp³-hybridized carbons (Fsp3) is 0.231. The zero-order valence-electron chi connectivity index (χ0n) is 11.2. The highest BCUT2D eigenvalue weighted by Gasteiger charge is 2.21. The second-order valence-corrected chi connectivity index (χ2v) is 5.44. The van der Waals surface area contributed by atoms with E-state index < -0.39 is 5.97 Å². The number of hydrogen-bond acceptors (Lipinski definition) is 6. The van der Waals surface area contributed by atoms with Gasteiger partial charge in [-0.05, 0) is 24.4 Å². The zero-order chi connectivity index (χ0) is 14.7. The molecule has 0 atom stereocenters. The van der Waals surface area contributed by atoms with Gasteiger partial charge in [-0.25, -0.2) is 4.79 Å². The Hall–Kier alpha value is -1.86. The number of aromatic amines is 1.